The van der Waals surface area contributed by atoms with E-state index >= 15 is 0 Å². The van der Waals surface area contributed by atoms with Gasteiger partial charge < -0.3 is 15.2 Å². The molecule has 0 spiro atoms. The minimum absolute atomic E-state index is 0.0509. The third-order valence-electron chi connectivity index (χ3n) is 1.45. The summed E-state index contributed by atoms with van der Waals surface area (Å²) < 4.78 is 29.7. The van der Waals surface area contributed by atoms with Crippen molar-refractivity contribution in [3.8, 4) is 0 Å². The molecule has 6 heteroatoms. The highest BCUT2D eigenvalue weighted by Gasteiger charge is 2.27. The number of aliphatic hydroxyl groups excluding tert-OH is 1. The zero-order valence-corrected chi connectivity index (χ0v) is 8.06. The maximum absolute atomic E-state index is 12.4. The minimum Gasteiger partial charge on any atom is -0.390 e. The summed E-state index contributed by atoms with van der Waals surface area (Å²) in [5, 5.41) is 10.2. The number of halogens is 2. The average Bonchev–Trinajstić information content (AvgIpc) is 2.16. The molecule has 0 aromatic carbocycles. The highest BCUT2D eigenvalue weighted by atomic mass is 19.3. The minimum atomic E-state index is -3.25. The molecule has 84 valence electrons. The van der Waals surface area contributed by atoms with E-state index < -0.39 is 25.0 Å². The topological polar surface area (TPSA) is 58.6 Å². The van der Waals surface area contributed by atoms with Gasteiger partial charge in [-0.2, -0.15) is 0 Å². The van der Waals surface area contributed by atoms with Gasteiger partial charge in [-0.3, -0.25) is 4.79 Å². The molecule has 0 aromatic rings. The highest BCUT2D eigenvalue weighted by Crippen LogP contribution is 2.09. The van der Waals surface area contributed by atoms with Gasteiger partial charge in [-0.25, -0.2) is 8.78 Å². The zero-order chi connectivity index (χ0) is 11.0. The van der Waals surface area contributed by atoms with Crippen LogP contribution in [0.15, 0.2) is 0 Å². The van der Waals surface area contributed by atoms with Crippen LogP contribution in [0.5, 0.6) is 0 Å². The first-order valence-electron chi connectivity index (χ1n) is 4.35. The van der Waals surface area contributed by atoms with E-state index in [0.29, 0.717) is 6.61 Å². The number of carbonyl (C=O) groups excluding carboxylic acids is 1. The summed E-state index contributed by atoms with van der Waals surface area (Å²) in [6.45, 7) is 0.373. The fourth-order valence-corrected chi connectivity index (χ4v) is 0.681. The van der Waals surface area contributed by atoms with Crippen LogP contribution in [-0.2, 0) is 9.53 Å². The molecule has 0 heterocycles. The molecule has 0 atom stereocenters. The monoisotopic (exact) mass is 211 g/mol. The van der Waals surface area contributed by atoms with Gasteiger partial charge in [0.2, 0.25) is 5.91 Å². The molecular formula is C8H15F2NO3. The van der Waals surface area contributed by atoms with Crippen LogP contribution in [0.1, 0.15) is 13.3 Å². The van der Waals surface area contributed by atoms with Crippen molar-refractivity contribution >= 4 is 5.91 Å². The quantitative estimate of drug-likeness (QED) is 0.590. The molecule has 0 saturated carbocycles. The van der Waals surface area contributed by atoms with Crippen LogP contribution in [0, 0.1) is 0 Å². The lowest BCUT2D eigenvalue weighted by Crippen LogP contribution is -2.39. The van der Waals surface area contributed by atoms with E-state index in [2.05, 4.69) is 0 Å². The average molecular weight is 211 g/mol. The van der Waals surface area contributed by atoms with Crippen LogP contribution in [0.25, 0.3) is 0 Å². The van der Waals surface area contributed by atoms with Gasteiger partial charge >= 0.3 is 0 Å². The third kappa shape index (κ3) is 6.73. The number of rotatable bonds is 7. The Morgan fingerprint density at radius 1 is 1.57 bits per heavy atom. The highest BCUT2D eigenvalue weighted by molar-refractivity contribution is 5.75. The molecule has 0 aliphatic heterocycles. The summed E-state index contributed by atoms with van der Waals surface area (Å²) in [7, 11) is 0. The van der Waals surface area contributed by atoms with E-state index in [1.807, 2.05) is 5.32 Å². The maximum Gasteiger partial charge on any atom is 0.287 e. The number of ether oxygens (including phenoxy) is 1. The summed E-state index contributed by atoms with van der Waals surface area (Å²) in [6, 6.07) is 0. The van der Waals surface area contributed by atoms with E-state index in [9.17, 15) is 13.6 Å². The summed E-state index contributed by atoms with van der Waals surface area (Å²) in [5.74, 6) is -3.76. The number of aliphatic hydroxyl groups is 1. The molecule has 0 unspecified atom stereocenters. The number of hydrogen-bond acceptors (Lipinski definition) is 3. The van der Waals surface area contributed by atoms with Crippen LogP contribution < -0.4 is 5.32 Å². The van der Waals surface area contributed by atoms with Gasteiger partial charge in [-0.05, 0) is 6.92 Å². The first kappa shape index (κ1) is 13.2. The number of nitrogens with one attached hydrogen (secondary N) is 1. The van der Waals surface area contributed by atoms with Crippen molar-refractivity contribution in [2.45, 2.75) is 19.3 Å². The van der Waals surface area contributed by atoms with E-state index in [1.54, 1.807) is 6.92 Å². The van der Waals surface area contributed by atoms with Crippen LogP contribution in [0.2, 0.25) is 0 Å². The lowest BCUT2D eigenvalue weighted by Gasteiger charge is -2.13. The Hall–Kier alpha value is -0.750. The molecule has 0 saturated heterocycles. The first-order chi connectivity index (χ1) is 6.52. The molecule has 0 radical (unpaired) electrons. The Kier molecular flexibility index (Phi) is 6.31. The summed E-state index contributed by atoms with van der Waals surface area (Å²) in [4.78, 5) is 10.9. The van der Waals surface area contributed by atoms with Crippen molar-refractivity contribution in [2.24, 2.45) is 0 Å². The summed E-state index contributed by atoms with van der Waals surface area (Å²) >= 11 is 0. The molecule has 2 N–H and O–H groups in total. The largest absolute Gasteiger partial charge is 0.390 e. The van der Waals surface area contributed by atoms with Crippen molar-refractivity contribution in [1.29, 1.82) is 0 Å². The van der Waals surface area contributed by atoms with E-state index in [4.69, 9.17) is 9.84 Å². The molecule has 14 heavy (non-hydrogen) atoms. The molecule has 4 nitrogen and oxygen atoms in total. The fraction of sp³-hybridized carbons (Fsp3) is 0.875. The molecule has 0 aliphatic rings. The lowest BCUT2D eigenvalue weighted by atomic mass is 10.3. The van der Waals surface area contributed by atoms with Gasteiger partial charge in [-0.15, -0.1) is 0 Å². The standard InChI is InChI=1S/C8H15F2NO3/c1-2-14-4-3-7(13)11-5-8(9,10)6-12/h12H,2-6H2,1H3,(H,11,13). The van der Waals surface area contributed by atoms with Crippen molar-refractivity contribution in [2.75, 3.05) is 26.4 Å². The Balaban J connectivity index is 3.53. The predicted molar refractivity (Wildman–Crippen MR) is 46.2 cm³/mol. The van der Waals surface area contributed by atoms with Crippen molar-refractivity contribution < 1.29 is 23.4 Å². The predicted octanol–water partition coefficient (Wildman–Crippen LogP) is 0.157. The van der Waals surface area contributed by atoms with Crippen LogP contribution in [0.4, 0.5) is 8.78 Å². The zero-order valence-electron chi connectivity index (χ0n) is 8.06. The Morgan fingerprint density at radius 3 is 2.71 bits per heavy atom. The van der Waals surface area contributed by atoms with Gasteiger partial charge in [0.25, 0.3) is 5.92 Å². The Morgan fingerprint density at radius 2 is 2.21 bits per heavy atom. The van der Waals surface area contributed by atoms with E-state index in [1.165, 1.54) is 0 Å². The number of hydrogen-bond donors (Lipinski definition) is 2. The molecule has 0 bridgehead atoms. The van der Waals surface area contributed by atoms with Gasteiger partial charge in [0.15, 0.2) is 0 Å². The molecule has 1 amide bonds. The normalized spacial score (nSPS) is 11.4. The number of carbonyl (C=O) groups is 1. The SMILES string of the molecule is CCOCCC(=O)NCC(F)(F)CO. The molecule has 0 aromatic heterocycles. The van der Waals surface area contributed by atoms with Crippen LogP contribution in [-0.4, -0.2) is 43.3 Å². The second-order valence-corrected chi connectivity index (χ2v) is 2.74. The van der Waals surface area contributed by atoms with Gasteiger partial charge in [0.1, 0.15) is 6.61 Å². The third-order valence-corrected chi connectivity index (χ3v) is 1.45. The number of alkyl halides is 2. The smallest absolute Gasteiger partial charge is 0.287 e. The van der Waals surface area contributed by atoms with Crippen LogP contribution in [0.3, 0.4) is 0 Å². The molecule has 0 rings (SSSR count). The van der Waals surface area contributed by atoms with E-state index in [0.717, 1.165) is 0 Å². The van der Waals surface area contributed by atoms with Gasteiger partial charge in [0.05, 0.1) is 13.2 Å². The summed E-state index contributed by atoms with van der Waals surface area (Å²) in [5.41, 5.74) is 0. The molecular weight excluding hydrogens is 196 g/mol. The van der Waals surface area contributed by atoms with Crippen molar-refractivity contribution in [3.63, 3.8) is 0 Å². The number of amides is 1. The van der Waals surface area contributed by atoms with Crippen LogP contribution >= 0.6 is 0 Å². The Bertz CT molecular complexity index is 176. The fourth-order valence-electron chi connectivity index (χ4n) is 0.681. The van der Waals surface area contributed by atoms with E-state index in [-0.39, 0.29) is 13.0 Å². The van der Waals surface area contributed by atoms with Gasteiger partial charge in [0, 0.05) is 13.0 Å². The first-order valence-corrected chi connectivity index (χ1v) is 4.35. The second kappa shape index (κ2) is 6.67. The van der Waals surface area contributed by atoms with Crippen molar-refractivity contribution in [3.05, 3.63) is 0 Å². The Labute approximate surface area is 81.2 Å². The van der Waals surface area contributed by atoms with Crippen molar-refractivity contribution in [1.82, 2.24) is 5.32 Å². The molecule has 0 fully saturated rings. The maximum atomic E-state index is 12.4. The summed E-state index contributed by atoms with van der Waals surface area (Å²) in [6.07, 6.45) is 0.0509. The lowest BCUT2D eigenvalue weighted by molar-refractivity contribution is -0.125. The molecule has 0 aliphatic carbocycles. The van der Waals surface area contributed by atoms with Gasteiger partial charge in [-0.1, -0.05) is 0 Å². The second-order valence-electron chi connectivity index (χ2n) is 2.74.